The van der Waals surface area contributed by atoms with Gasteiger partial charge in [0.25, 0.3) is 5.91 Å². The van der Waals surface area contributed by atoms with Crippen LogP contribution in [0, 0.1) is 12.7 Å². The average molecular weight is 364 g/mol. The first-order chi connectivity index (χ1) is 11.5. The van der Waals surface area contributed by atoms with Crippen LogP contribution in [0.3, 0.4) is 0 Å². The molecule has 1 amide bonds. The molecule has 0 atom stereocenters. The van der Waals surface area contributed by atoms with Crippen LogP contribution in [0.5, 0.6) is 0 Å². The van der Waals surface area contributed by atoms with Gasteiger partial charge in [-0.1, -0.05) is 6.07 Å². The lowest BCUT2D eigenvalue weighted by Crippen LogP contribution is -2.40. The zero-order chi connectivity index (χ0) is 18.8. The summed E-state index contributed by atoms with van der Waals surface area (Å²) in [6.45, 7) is 6.88. The van der Waals surface area contributed by atoms with Gasteiger partial charge >= 0.3 is 0 Å². The van der Waals surface area contributed by atoms with Gasteiger partial charge in [0, 0.05) is 16.8 Å². The van der Waals surface area contributed by atoms with Crippen LogP contribution in [0.25, 0.3) is 0 Å². The van der Waals surface area contributed by atoms with Gasteiger partial charge in [0.1, 0.15) is 5.82 Å². The van der Waals surface area contributed by atoms with Gasteiger partial charge in [-0.15, -0.1) is 0 Å². The van der Waals surface area contributed by atoms with E-state index in [0.717, 1.165) is 0 Å². The van der Waals surface area contributed by atoms with Crippen molar-refractivity contribution in [3.63, 3.8) is 0 Å². The van der Waals surface area contributed by atoms with E-state index >= 15 is 0 Å². The van der Waals surface area contributed by atoms with Crippen LogP contribution in [-0.2, 0) is 10.0 Å². The molecule has 2 aromatic rings. The van der Waals surface area contributed by atoms with Crippen LogP contribution < -0.4 is 10.0 Å². The van der Waals surface area contributed by atoms with Crippen LogP contribution in [0.4, 0.5) is 10.1 Å². The number of amides is 1. The van der Waals surface area contributed by atoms with E-state index < -0.39 is 27.3 Å². The third-order valence-electron chi connectivity index (χ3n) is 3.28. The quantitative estimate of drug-likeness (QED) is 0.872. The molecule has 0 aliphatic heterocycles. The fourth-order valence-corrected chi connectivity index (χ4v) is 3.69. The van der Waals surface area contributed by atoms with E-state index in [4.69, 9.17) is 0 Å². The molecule has 0 aromatic heterocycles. The maximum absolute atomic E-state index is 13.1. The zero-order valence-corrected chi connectivity index (χ0v) is 15.4. The number of hydrogen-bond acceptors (Lipinski definition) is 3. The third-order valence-corrected chi connectivity index (χ3v) is 5.04. The molecule has 134 valence electrons. The second-order valence-electron chi connectivity index (χ2n) is 6.80. The summed E-state index contributed by atoms with van der Waals surface area (Å²) in [5.41, 5.74) is 0.599. The van der Waals surface area contributed by atoms with Crippen LogP contribution in [-0.4, -0.2) is 19.9 Å². The summed E-state index contributed by atoms with van der Waals surface area (Å²) < 4.78 is 40.5. The van der Waals surface area contributed by atoms with E-state index in [1.165, 1.54) is 42.5 Å². The van der Waals surface area contributed by atoms with E-state index in [-0.39, 0.29) is 10.5 Å². The average Bonchev–Trinajstić information content (AvgIpc) is 2.48. The Morgan fingerprint density at radius 1 is 1.08 bits per heavy atom. The van der Waals surface area contributed by atoms with Gasteiger partial charge in [0.05, 0.1) is 4.90 Å². The highest BCUT2D eigenvalue weighted by Gasteiger charge is 2.22. The highest BCUT2D eigenvalue weighted by Crippen LogP contribution is 2.19. The summed E-state index contributed by atoms with van der Waals surface area (Å²) in [5.74, 6) is -0.862. The zero-order valence-electron chi connectivity index (χ0n) is 14.6. The maximum Gasteiger partial charge on any atom is 0.255 e. The number of aryl methyl sites for hydroxylation is 1. The van der Waals surface area contributed by atoms with Gasteiger partial charge in [0.2, 0.25) is 10.0 Å². The van der Waals surface area contributed by atoms with Gasteiger partial charge in [-0.2, -0.15) is 0 Å². The minimum atomic E-state index is -3.74. The monoisotopic (exact) mass is 364 g/mol. The molecule has 0 radical (unpaired) electrons. The van der Waals surface area contributed by atoms with E-state index in [2.05, 4.69) is 10.0 Å². The summed E-state index contributed by atoms with van der Waals surface area (Å²) in [6, 6.07) is 9.77. The standard InChI is InChI=1S/C18H21FN2O3S/c1-12-10-14(19)8-9-16(12)20-17(22)13-6-5-7-15(11-13)25(23,24)21-18(2,3)4/h5-11,21H,1-4H3,(H,20,22). The molecule has 0 aliphatic carbocycles. The fourth-order valence-electron chi connectivity index (χ4n) is 2.23. The molecule has 0 unspecified atom stereocenters. The highest BCUT2D eigenvalue weighted by atomic mass is 32.2. The summed E-state index contributed by atoms with van der Waals surface area (Å²) in [5, 5.41) is 2.66. The molecule has 25 heavy (non-hydrogen) atoms. The lowest BCUT2D eigenvalue weighted by molar-refractivity contribution is 0.102. The van der Waals surface area contributed by atoms with Crippen LogP contribution in [0.15, 0.2) is 47.4 Å². The maximum atomic E-state index is 13.1. The van der Waals surface area contributed by atoms with Crippen molar-refractivity contribution in [2.24, 2.45) is 0 Å². The van der Waals surface area contributed by atoms with Gasteiger partial charge < -0.3 is 5.32 Å². The Balaban J connectivity index is 2.27. The third kappa shape index (κ3) is 5.11. The Kier molecular flexibility index (Phi) is 5.29. The number of rotatable bonds is 4. The molecule has 2 rings (SSSR count). The molecule has 2 N–H and O–H groups in total. The number of sulfonamides is 1. The summed E-state index contributed by atoms with van der Waals surface area (Å²) in [6.07, 6.45) is 0. The van der Waals surface area contributed by atoms with Crippen molar-refractivity contribution in [3.05, 3.63) is 59.4 Å². The van der Waals surface area contributed by atoms with Crippen molar-refractivity contribution >= 4 is 21.6 Å². The van der Waals surface area contributed by atoms with Crippen LogP contribution in [0.1, 0.15) is 36.7 Å². The highest BCUT2D eigenvalue weighted by molar-refractivity contribution is 7.89. The number of nitrogens with one attached hydrogen (secondary N) is 2. The molecule has 0 fully saturated rings. The van der Waals surface area contributed by atoms with E-state index in [1.54, 1.807) is 27.7 Å². The van der Waals surface area contributed by atoms with Crippen molar-refractivity contribution in [3.8, 4) is 0 Å². The Labute approximate surface area is 147 Å². The topological polar surface area (TPSA) is 75.3 Å². The molecular weight excluding hydrogens is 343 g/mol. The second-order valence-corrected chi connectivity index (χ2v) is 8.48. The van der Waals surface area contributed by atoms with Crippen LogP contribution >= 0.6 is 0 Å². The molecule has 2 aromatic carbocycles. The Hall–Kier alpha value is -2.25. The number of carbonyl (C=O) groups excluding carboxylic acids is 1. The number of halogens is 1. The van der Waals surface area contributed by atoms with Crippen molar-refractivity contribution < 1.29 is 17.6 Å². The largest absolute Gasteiger partial charge is 0.322 e. The molecule has 0 aliphatic rings. The fraction of sp³-hybridized carbons (Fsp3) is 0.278. The number of anilines is 1. The summed E-state index contributed by atoms with van der Waals surface area (Å²) >= 11 is 0. The normalized spacial score (nSPS) is 12.0. The molecule has 0 saturated carbocycles. The van der Waals surface area contributed by atoms with Gasteiger partial charge in [-0.25, -0.2) is 17.5 Å². The molecule has 7 heteroatoms. The molecule has 0 heterocycles. The van der Waals surface area contributed by atoms with E-state index in [9.17, 15) is 17.6 Å². The molecule has 0 bridgehead atoms. The van der Waals surface area contributed by atoms with Crippen molar-refractivity contribution in [1.29, 1.82) is 0 Å². The minimum Gasteiger partial charge on any atom is -0.322 e. The van der Waals surface area contributed by atoms with Crippen LogP contribution in [0.2, 0.25) is 0 Å². The van der Waals surface area contributed by atoms with E-state index in [1.807, 2.05) is 0 Å². The predicted molar refractivity (Wildman–Crippen MR) is 95.6 cm³/mol. The lowest BCUT2D eigenvalue weighted by Gasteiger charge is -2.20. The van der Waals surface area contributed by atoms with Gasteiger partial charge in [0.15, 0.2) is 0 Å². The first-order valence-corrected chi connectivity index (χ1v) is 9.18. The Bertz CT molecular complexity index is 903. The number of benzene rings is 2. The molecule has 0 spiro atoms. The molecule has 5 nitrogen and oxygen atoms in total. The molecule has 0 saturated heterocycles. The Morgan fingerprint density at radius 3 is 2.36 bits per heavy atom. The van der Waals surface area contributed by atoms with Crippen molar-refractivity contribution in [2.45, 2.75) is 38.1 Å². The summed E-state index contributed by atoms with van der Waals surface area (Å²) in [4.78, 5) is 12.4. The number of carbonyl (C=O) groups is 1. The first kappa shape index (κ1) is 19.1. The second kappa shape index (κ2) is 6.93. The lowest BCUT2D eigenvalue weighted by atomic mass is 10.1. The smallest absolute Gasteiger partial charge is 0.255 e. The van der Waals surface area contributed by atoms with E-state index in [0.29, 0.717) is 11.3 Å². The predicted octanol–water partition coefficient (Wildman–Crippen LogP) is 3.46. The summed E-state index contributed by atoms with van der Waals surface area (Å²) in [7, 11) is -3.74. The van der Waals surface area contributed by atoms with Crippen molar-refractivity contribution in [1.82, 2.24) is 4.72 Å². The van der Waals surface area contributed by atoms with Gasteiger partial charge in [-0.05, 0) is 69.7 Å². The minimum absolute atomic E-state index is 0.00547. The Morgan fingerprint density at radius 2 is 1.76 bits per heavy atom. The number of hydrogen-bond donors (Lipinski definition) is 2. The van der Waals surface area contributed by atoms with Crippen molar-refractivity contribution in [2.75, 3.05) is 5.32 Å². The SMILES string of the molecule is Cc1cc(F)ccc1NC(=O)c1cccc(S(=O)(=O)NC(C)(C)C)c1. The first-order valence-electron chi connectivity index (χ1n) is 7.69. The van der Waals surface area contributed by atoms with Gasteiger partial charge in [-0.3, -0.25) is 4.79 Å². The molecular formula is C18H21FN2O3S.